The summed E-state index contributed by atoms with van der Waals surface area (Å²) in [6.07, 6.45) is 2.85. The van der Waals surface area contributed by atoms with E-state index in [2.05, 4.69) is 40.8 Å². The van der Waals surface area contributed by atoms with Crippen LogP contribution < -0.4 is 11.1 Å². The largest absolute Gasteiger partial charge is 0.398 e. The molecule has 0 aromatic heterocycles. The molecule has 0 saturated carbocycles. The molecule has 0 amide bonds. The van der Waals surface area contributed by atoms with Gasteiger partial charge in [0.05, 0.1) is 0 Å². The first kappa shape index (κ1) is 12.1. The number of nitrogens with one attached hydrogen (secondary N) is 1. The molecule has 0 aliphatic heterocycles. The van der Waals surface area contributed by atoms with E-state index in [9.17, 15) is 0 Å². The molecule has 0 fully saturated rings. The maximum atomic E-state index is 5.81. The van der Waals surface area contributed by atoms with E-state index >= 15 is 0 Å². The van der Waals surface area contributed by atoms with Gasteiger partial charge in [0.25, 0.3) is 0 Å². The predicted octanol–water partition coefficient (Wildman–Crippen LogP) is 3.72. The Morgan fingerprint density at radius 2 is 2.27 bits per heavy atom. The first-order chi connectivity index (χ1) is 7.04. The third-order valence-electron chi connectivity index (χ3n) is 2.28. The Labute approximate surface area is 99.7 Å². The fourth-order valence-corrected chi connectivity index (χ4v) is 1.86. The van der Waals surface area contributed by atoms with Crippen molar-refractivity contribution in [3.63, 3.8) is 0 Å². The lowest BCUT2D eigenvalue weighted by Gasteiger charge is -2.16. The molecular formula is C12H17BrN2. The maximum Gasteiger partial charge on any atom is 0.0490 e. The summed E-state index contributed by atoms with van der Waals surface area (Å²) in [6.45, 7) is 7.85. The lowest BCUT2D eigenvalue weighted by Crippen LogP contribution is -2.14. The Morgan fingerprint density at radius 1 is 1.60 bits per heavy atom. The molecule has 82 valence electrons. The van der Waals surface area contributed by atoms with Crippen LogP contribution >= 0.6 is 15.9 Å². The van der Waals surface area contributed by atoms with Gasteiger partial charge in [-0.1, -0.05) is 6.08 Å². The monoisotopic (exact) mass is 268 g/mol. The quantitative estimate of drug-likeness (QED) is 0.645. The van der Waals surface area contributed by atoms with Gasteiger partial charge in [0.1, 0.15) is 0 Å². The van der Waals surface area contributed by atoms with Gasteiger partial charge in [-0.3, -0.25) is 0 Å². The third kappa shape index (κ3) is 3.27. The summed E-state index contributed by atoms with van der Waals surface area (Å²) in [6, 6.07) is 4.36. The average molecular weight is 269 g/mol. The summed E-state index contributed by atoms with van der Waals surface area (Å²) in [5, 5.41) is 3.41. The van der Waals surface area contributed by atoms with Gasteiger partial charge in [0, 0.05) is 21.9 Å². The van der Waals surface area contributed by atoms with E-state index in [4.69, 9.17) is 5.73 Å². The molecule has 15 heavy (non-hydrogen) atoms. The number of hydrogen-bond donors (Lipinski definition) is 2. The smallest absolute Gasteiger partial charge is 0.0490 e. The normalized spacial score (nSPS) is 12.2. The number of anilines is 2. The van der Waals surface area contributed by atoms with Crippen LogP contribution in [0.1, 0.15) is 18.9 Å². The van der Waals surface area contributed by atoms with Crippen molar-refractivity contribution in [2.75, 3.05) is 11.1 Å². The zero-order chi connectivity index (χ0) is 11.4. The lowest BCUT2D eigenvalue weighted by atomic mass is 10.1. The number of hydrogen-bond acceptors (Lipinski definition) is 2. The second kappa shape index (κ2) is 5.21. The van der Waals surface area contributed by atoms with Gasteiger partial charge in [-0.05, 0) is 53.9 Å². The molecule has 1 unspecified atom stereocenters. The van der Waals surface area contributed by atoms with E-state index in [0.717, 1.165) is 27.8 Å². The number of nitrogens with two attached hydrogens (primary N) is 1. The molecule has 3 N–H and O–H groups in total. The highest BCUT2D eigenvalue weighted by atomic mass is 79.9. The van der Waals surface area contributed by atoms with Crippen LogP contribution in [0.15, 0.2) is 29.3 Å². The van der Waals surface area contributed by atoms with Gasteiger partial charge >= 0.3 is 0 Å². The van der Waals surface area contributed by atoms with Crippen molar-refractivity contribution in [1.29, 1.82) is 0 Å². The fourth-order valence-electron chi connectivity index (χ4n) is 1.38. The van der Waals surface area contributed by atoms with Gasteiger partial charge in [-0.2, -0.15) is 0 Å². The highest BCUT2D eigenvalue weighted by Gasteiger charge is 2.05. The standard InChI is InChI=1S/C12H17BrN2/c1-4-5-9(3)15-12-6-8(2)11(14)7-10(12)13/h4,6-7,9,15H,1,5,14H2,2-3H3. The van der Waals surface area contributed by atoms with Crippen molar-refractivity contribution in [2.24, 2.45) is 0 Å². The van der Waals surface area contributed by atoms with Crippen LogP contribution in [0.5, 0.6) is 0 Å². The molecular weight excluding hydrogens is 252 g/mol. The van der Waals surface area contributed by atoms with E-state index in [1.807, 2.05) is 19.1 Å². The molecule has 3 heteroatoms. The average Bonchev–Trinajstić information content (AvgIpc) is 2.14. The lowest BCUT2D eigenvalue weighted by molar-refractivity contribution is 0.813. The molecule has 0 aliphatic rings. The van der Waals surface area contributed by atoms with Crippen LogP contribution in [0.25, 0.3) is 0 Å². The molecule has 1 aromatic carbocycles. The minimum Gasteiger partial charge on any atom is -0.398 e. The molecule has 1 aromatic rings. The first-order valence-corrected chi connectivity index (χ1v) is 5.77. The Kier molecular flexibility index (Phi) is 4.21. The van der Waals surface area contributed by atoms with E-state index in [-0.39, 0.29) is 0 Å². The molecule has 0 bridgehead atoms. The van der Waals surface area contributed by atoms with E-state index in [1.165, 1.54) is 0 Å². The van der Waals surface area contributed by atoms with Crippen LogP contribution in [-0.4, -0.2) is 6.04 Å². The maximum absolute atomic E-state index is 5.81. The minimum atomic E-state index is 0.377. The van der Waals surface area contributed by atoms with Crippen molar-refractivity contribution in [3.05, 3.63) is 34.8 Å². The van der Waals surface area contributed by atoms with Crippen molar-refractivity contribution in [2.45, 2.75) is 26.3 Å². The van der Waals surface area contributed by atoms with Crippen LogP contribution in [0.4, 0.5) is 11.4 Å². The predicted molar refractivity (Wildman–Crippen MR) is 71.2 cm³/mol. The molecule has 0 radical (unpaired) electrons. The van der Waals surface area contributed by atoms with Gasteiger partial charge in [-0.15, -0.1) is 6.58 Å². The Morgan fingerprint density at radius 3 is 2.87 bits per heavy atom. The topological polar surface area (TPSA) is 38.0 Å². The van der Waals surface area contributed by atoms with E-state index in [0.29, 0.717) is 6.04 Å². The summed E-state index contributed by atoms with van der Waals surface area (Å²) in [4.78, 5) is 0. The van der Waals surface area contributed by atoms with Crippen molar-refractivity contribution < 1.29 is 0 Å². The summed E-state index contributed by atoms with van der Waals surface area (Å²) < 4.78 is 1.00. The first-order valence-electron chi connectivity index (χ1n) is 4.97. The SMILES string of the molecule is C=CCC(C)Nc1cc(C)c(N)cc1Br. The Bertz CT molecular complexity index is 361. The van der Waals surface area contributed by atoms with E-state index in [1.54, 1.807) is 0 Å². The molecule has 0 aliphatic carbocycles. The second-order valence-electron chi connectivity index (χ2n) is 3.76. The molecule has 2 nitrogen and oxygen atoms in total. The van der Waals surface area contributed by atoms with Crippen molar-refractivity contribution in [1.82, 2.24) is 0 Å². The summed E-state index contributed by atoms with van der Waals surface area (Å²) in [5.74, 6) is 0. The number of halogens is 1. The van der Waals surface area contributed by atoms with Gasteiger partial charge in [0.2, 0.25) is 0 Å². The Balaban J connectivity index is 2.85. The summed E-state index contributed by atoms with van der Waals surface area (Å²) in [5.41, 5.74) is 8.78. The minimum absolute atomic E-state index is 0.377. The Hall–Kier alpha value is -0.960. The fraction of sp³-hybridized carbons (Fsp3) is 0.333. The number of rotatable bonds is 4. The third-order valence-corrected chi connectivity index (χ3v) is 2.93. The molecule has 1 rings (SSSR count). The number of aryl methyl sites for hydroxylation is 1. The van der Waals surface area contributed by atoms with Crippen LogP contribution in [0, 0.1) is 6.92 Å². The summed E-state index contributed by atoms with van der Waals surface area (Å²) in [7, 11) is 0. The summed E-state index contributed by atoms with van der Waals surface area (Å²) >= 11 is 3.49. The molecule has 1 atom stereocenters. The van der Waals surface area contributed by atoms with Gasteiger partial charge in [0.15, 0.2) is 0 Å². The molecule has 0 heterocycles. The molecule has 0 saturated heterocycles. The van der Waals surface area contributed by atoms with Crippen molar-refractivity contribution >= 4 is 27.3 Å². The van der Waals surface area contributed by atoms with E-state index < -0.39 is 0 Å². The zero-order valence-corrected chi connectivity index (χ0v) is 10.8. The second-order valence-corrected chi connectivity index (χ2v) is 4.61. The number of benzene rings is 1. The van der Waals surface area contributed by atoms with Crippen LogP contribution in [0.3, 0.4) is 0 Å². The zero-order valence-electron chi connectivity index (χ0n) is 9.18. The van der Waals surface area contributed by atoms with Gasteiger partial charge < -0.3 is 11.1 Å². The van der Waals surface area contributed by atoms with Crippen molar-refractivity contribution in [3.8, 4) is 0 Å². The highest BCUT2D eigenvalue weighted by molar-refractivity contribution is 9.10. The molecule has 0 spiro atoms. The van der Waals surface area contributed by atoms with Gasteiger partial charge in [-0.25, -0.2) is 0 Å². The van der Waals surface area contributed by atoms with Crippen LogP contribution in [0.2, 0.25) is 0 Å². The number of nitrogen functional groups attached to an aromatic ring is 1. The highest BCUT2D eigenvalue weighted by Crippen LogP contribution is 2.28. The van der Waals surface area contributed by atoms with Crippen LogP contribution in [-0.2, 0) is 0 Å².